The summed E-state index contributed by atoms with van der Waals surface area (Å²) < 4.78 is 5.66. The Morgan fingerprint density at radius 2 is 1.93 bits per heavy atom. The molecule has 1 atom stereocenters. The molecule has 0 aromatic carbocycles. The van der Waals surface area contributed by atoms with Gasteiger partial charge in [0, 0.05) is 18.0 Å². The number of H-pyrrole nitrogens is 1. The zero-order chi connectivity index (χ0) is 20.3. The first-order valence-electron chi connectivity index (χ1n) is 10.2. The summed E-state index contributed by atoms with van der Waals surface area (Å²) in [4.78, 5) is 30.8. The summed E-state index contributed by atoms with van der Waals surface area (Å²) in [5.74, 6) is 1.66. The standard InChI is InChI=1S/C21H36N2O3S/c1-6-21(17(4)5,15-16(2)3)19(25)26-13-9-7-8-10-14-27-20-22-12-11-18(24)23-20/h11-12,16-17H,6-10,13-15H2,1-5H3,(H,22,23,24). The number of aromatic amines is 1. The van der Waals surface area contributed by atoms with Crippen molar-refractivity contribution in [3.63, 3.8) is 0 Å². The van der Waals surface area contributed by atoms with E-state index in [4.69, 9.17) is 4.74 Å². The lowest BCUT2D eigenvalue weighted by Gasteiger charge is -2.35. The lowest BCUT2D eigenvalue weighted by molar-refractivity contribution is -0.161. The Kier molecular flexibility index (Phi) is 10.7. The molecule has 0 bridgehead atoms. The fourth-order valence-electron chi connectivity index (χ4n) is 3.44. The number of thioether (sulfide) groups is 1. The van der Waals surface area contributed by atoms with Crippen LogP contribution in [0.2, 0.25) is 0 Å². The first-order chi connectivity index (χ1) is 12.8. The maximum atomic E-state index is 12.7. The van der Waals surface area contributed by atoms with Gasteiger partial charge in [0.25, 0.3) is 5.56 Å². The van der Waals surface area contributed by atoms with Gasteiger partial charge in [0.2, 0.25) is 0 Å². The van der Waals surface area contributed by atoms with Gasteiger partial charge in [-0.1, -0.05) is 59.2 Å². The predicted molar refractivity (Wildman–Crippen MR) is 112 cm³/mol. The Balaban J connectivity index is 2.24. The van der Waals surface area contributed by atoms with Crippen LogP contribution in [-0.4, -0.2) is 28.3 Å². The fraction of sp³-hybridized carbons (Fsp3) is 0.762. The lowest BCUT2D eigenvalue weighted by atomic mass is 9.70. The number of esters is 1. The second-order valence-corrected chi connectivity index (χ2v) is 8.98. The molecule has 1 rings (SSSR count). The van der Waals surface area contributed by atoms with Crippen LogP contribution in [0, 0.1) is 17.3 Å². The third-order valence-corrected chi connectivity index (χ3v) is 6.05. The van der Waals surface area contributed by atoms with Gasteiger partial charge in [-0.2, -0.15) is 0 Å². The van der Waals surface area contributed by atoms with Gasteiger partial charge < -0.3 is 9.72 Å². The maximum absolute atomic E-state index is 12.7. The number of ether oxygens (including phenoxy) is 1. The van der Waals surface area contributed by atoms with Gasteiger partial charge in [0.1, 0.15) is 0 Å². The summed E-state index contributed by atoms with van der Waals surface area (Å²) >= 11 is 1.57. The molecular formula is C21H36N2O3S. The van der Waals surface area contributed by atoms with E-state index in [1.54, 1.807) is 11.8 Å². The molecule has 0 amide bonds. The zero-order valence-electron chi connectivity index (χ0n) is 17.5. The summed E-state index contributed by atoms with van der Waals surface area (Å²) in [7, 11) is 0. The third-order valence-electron chi connectivity index (χ3n) is 5.07. The first-order valence-corrected chi connectivity index (χ1v) is 11.2. The molecule has 27 heavy (non-hydrogen) atoms. The molecule has 6 heteroatoms. The van der Waals surface area contributed by atoms with Crippen LogP contribution in [0.25, 0.3) is 0 Å². The summed E-state index contributed by atoms with van der Waals surface area (Å²) in [6, 6.07) is 1.42. The van der Waals surface area contributed by atoms with Crippen molar-refractivity contribution in [2.75, 3.05) is 12.4 Å². The Hall–Kier alpha value is -1.30. The monoisotopic (exact) mass is 396 g/mol. The van der Waals surface area contributed by atoms with Crippen molar-refractivity contribution < 1.29 is 9.53 Å². The van der Waals surface area contributed by atoms with E-state index in [1.165, 1.54) is 12.3 Å². The van der Waals surface area contributed by atoms with Crippen molar-refractivity contribution in [3.05, 3.63) is 22.6 Å². The van der Waals surface area contributed by atoms with Crippen LogP contribution in [0.5, 0.6) is 0 Å². The number of unbranched alkanes of at least 4 members (excludes halogenated alkanes) is 3. The highest BCUT2D eigenvalue weighted by Crippen LogP contribution is 2.39. The predicted octanol–water partition coefficient (Wildman–Crippen LogP) is 5.06. The van der Waals surface area contributed by atoms with Crippen LogP contribution in [-0.2, 0) is 9.53 Å². The average Bonchev–Trinajstić information content (AvgIpc) is 2.61. The largest absolute Gasteiger partial charge is 0.465 e. The Morgan fingerprint density at radius 1 is 1.22 bits per heavy atom. The van der Waals surface area contributed by atoms with Gasteiger partial charge in [-0.25, -0.2) is 4.98 Å². The topological polar surface area (TPSA) is 72.0 Å². The van der Waals surface area contributed by atoms with Crippen LogP contribution in [0.3, 0.4) is 0 Å². The molecule has 0 aliphatic carbocycles. The Bertz CT molecular complexity index is 615. The Labute approximate surface area is 168 Å². The second-order valence-electron chi connectivity index (χ2n) is 7.90. The van der Waals surface area contributed by atoms with E-state index < -0.39 is 0 Å². The highest BCUT2D eigenvalue weighted by Gasteiger charge is 2.41. The molecule has 0 saturated carbocycles. The zero-order valence-corrected chi connectivity index (χ0v) is 18.4. The second kappa shape index (κ2) is 12.2. The van der Waals surface area contributed by atoms with Gasteiger partial charge in [0.15, 0.2) is 5.16 Å². The molecular weight excluding hydrogens is 360 g/mol. The summed E-state index contributed by atoms with van der Waals surface area (Å²) in [5, 5.41) is 0.672. The van der Waals surface area contributed by atoms with Crippen LogP contribution < -0.4 is 5.56 Å². The van der Waals surface area contributed by atoms with E-state index in [0.717, 1.165) is 44.3 Å². The first kappa shape index (κ1) is 23.7. The van der Waals surface area contributed by atoms with Crippen molar-refractivity contribution in [1.82, 2.24) is 9.97 Å². The van der Waals surface area contributed by atoms with E-state index in [0.29, 0.717) is 17.7 Å². The number of carbonyl (C=O) groups excluding carboxylic acids is 1. The van der Waals surface area contributed by atoms with Crippen LogP contribution in [0.15, 0.2) is 22.2 Å². The number of rotatable bonds is 13. The van der Waals surface area contributed by atoms with Gasteiger partial charge in [-0.15, -0.1) is 0 Å². The van der Waals surface area contributed by atoms with Crippen molar-refractivity contribution in [1.29, 1.82) is 0 Å². The molecule has 1 N–H and O–H groups in total. The third kappa shape index (κ3) is 8.08. The molecule has 1 aromatic heterocycles. The minimum Gasteiger partial charge on any atom is -0.465 e. The molecule has 5 nitrogen and oxygen atoms in total. The van der Waals surface area contributed by atoms with Crippen LogP contribution in [0.1, 0.15) is 73.1 Å². The van der Waals surface area contributed by atoms with Crippen molar-refractivity contribution in [2.24, 2.45) is 17.3 Å². The summed E-state index contributed by atoms with van der Waals surface area (Å²) in [6.45, 7) is 11.2. The van der Waals surface area contributed by atoms with Crippen molar-refractivity contribution in [2.45, 2.75) is 78.3 Å². The lowest BCUT2D eigenvalue weighted by Crippen LogP contribution is -2.38. The normalized spacial score (nSPS) is 13.7. The van der Waals surface area contributed by atoms with Gasteiger partial charge in [0.05, 0.1) is 12.0 Å². The summed E-state index contributed by atoms with van der Waals surface area (Å²) in [6.07, 6.45) is 7.31. The van der Waals surface area contributed by atoms with Crippen molar-refractivity contribution in [3.8, 4) is 0 Å². The smallest absolute Gasteiger partial charge is 0.312 e. The average molecular weight is 397 g/mol. The molecule has 1 heterocycles. The summed E-state index contributed by atoms with van der Waals surface area (Å²) in [5.41, 5.74) is -0.471. The molecule has 0 saturated heterocycles. The minimum absolute atomic E-state index is 0.0247. The molecule has 0 radical (unpaired) electrons. The molecule has 0 aliphatic rings. The minimum atomic E-state index is -0.357. The molecule has 1 unspecified atom stereocenters. The van der Waals surface area contributed by atoms with E-state index in [9.17, 15) is 9.59 Å². The maximum Gasteiger partial charge on any atom is 0.312 e. The molecule has 0 fully saturated rings. The van der Waals surface area contributed by atoms with Crippen molar-refractivity contribution >= 4 is 17.7 Å². The van der Waals surface area contributed by atoms with E-state index in [-0.39, 0.29) is 22.9 Å². The number of hydrogen-bond donors (Lipinski definition) is 1. The number of aromatic nitrogens is 2. The highest BCUT2D eigenvalue weighted by molar-refractivity contribution is 7.99. The molecule has 154 valence electrons. The van der Waals surface area contributed by atoms with E-state index in [1.807, 2.05) is 0 Å². The number of carbonyl (C=O) groups is 1. The molecule has 1 aromatic rings. The highest BCUT2D eigenvalue weighted by atomic mass is 32.2. The van der Waals surface area contributed by atoms with E-state index in [2.05, 4.69) is 44.6 Å². The number of nitrogens with one attached hydrogen (secondary N) is 1. The van der Waals surface area contributed by atoms with E-state index >= 15 is 0 Å². The fourth-order valence-corrected chi connectivity index (χ4v) is 4.29. The number of hydrogen-bond acceptors (Lipinski definition) is 5. The van der Waals surface area contributed by atoms with Gasteiger partial charge >= 0.3 is 5.97 Å². The van der Waals surface area contributed by atoms with Gasteiger partial charge in [-0.05, 0) is 37.5 Å². The quantitative estimate of drug-likeness (QED) is 0.218. The number of nitrogens with zero attached hydrogens (tertiary/aromatic N) is 1. The SMILES string of the molecule is CCC(CC(C)C)(C(=O)OCCCCCCSc1nccc(=O)[nH]1)C(C)C. The molecule has 0 aliphatic heterocycles. The van der Waals surface area contributed by atoms with Gasteiger partial charge in [-0.3, -0.25) is 9.59 Å². The van der Waals surface area contributed by atoms with Crippen LogP contribution >= 0.6 is 11.8 Å². The molecule has 0 spiro atoms. The Morgan fingerprint density at radius 3 is 2.52 bits per heavy atom. The van der Waals surface area contributed by atoms with Crippen LogP contribution in [0.4, 0.5) is 0 Å².